The lowest BCUT2D eigenvalue weighted by Gasteiger charge is -2.30. The highest BCUT2D eigenvalue weighted by Gasteiger charge is 2.36. The van der Waals surface area contributed by atoms with Crippen LogP contribution in [0, 0.1) is 12.8 Å². The summed E-state index contributed by atoms with van der Waals surface area (Å²) in [6, 6.07) is 6.52. The lowest BCUT2D eigenvalue weighted by molar-refractivity contribution is -0.00914. The van der Waals surface area contributed by atoms with Crippen molar-refractivity contribution >= 4 is 17.8 Å². The second kappa shape index (κ2) is 7.58. The summed E-state index contributed by atoms with van der Waals surface area (Å²) >= 11 is 1.72. The molecule has 2 fully saturated rings. The van der Waals surface area contributed by atoms with Crippen molar-refractivity contribution in [3.63, 3.8) is 0 Å². The fourth-order valence-corrected chi connectivity index (χ4v) is 3.87. The number of carbonyl (C=O) groups excluding carboxylic acids is 1. The molecule has 23 heavy (non-hydrogen) atoms. The number of ether oxygens (including phenoxy) is 1. The first-order chi connectivity index (χ1) is 11.2. The Balaban J connectivity index is 1.47. The van der Waals surface area contributed by atoms with Crippen LogP contribution in [0.1, 0.15) is 36.8 Å². The van der Waals surface area contributed by atoms with Gasteiger partial charge in [-0.3, -0.25) is 0 Å². The van der Waals surface area contributed by atoms with E-state index in [-0.39, 0.29) is 12.1 Å². The monoisotopic (exact) mass is 334 g/mol. The van der Waals surface area contributed by atoms with Crippen molar-refractivity contribution in [2.24, 2.45) is 5.92 Å². The van der Waals surface area contributed by atoms with Gasteiger partial charge in [0.2, 0.25) is 0 Å². The lowest BCUT2D eigenvalue weighted by atomic mass is 10.0. The van der Waals surface area contributed by atoms with Gasteiger partial charge in [0.1, 0.15) is 0 Å². The van der Waals surface area contributed by atoms with Crippen molar-refractivity contribution in [3.05, 3.63) is 29.3 Å². The van der Waals surface area contributed by atoms with E-state index in [1.54, 1.807) is 11.8 Å². The topological polar surface area (TPSA) is 50.4 Å². The van der Waals surface area contributed by atoms with Crippen LogP contribution in [0.5, 0.6) is 0 Å². The third-order valence-corrected chi connectivity index (χ3v) is 5.50. The SMILES string of the molecule is CSc1cc(C)ccc1CNC(=O)N[C@@H]1CCO[C@@H](C2CC2)C1. The van der Waals surface area contributed by atoms with Crippen molar-refractivity contribution in [3.8, 4) is 0 Å². The molecule has 1 saturated heterocycles. The molecule has 1 aliphatic carbocycles. The van der Waals surface area contributed by atoms with Crippen LogP contribution in [-0.4, -0.2) is 31.0 Å². The summed E-state index contributed by atoms with van der Waals surface area (Å²) in [5, 5.41) is 6.11. The van der Waals surface area contributed by atoms with Gasteiger partial charge in [-0.25, -0.2) is 4.79 Å². The number of hydrogen-bond acceptors (Lipinski definition) is 3. The van der Waals surface area contributed by atoms with Crippen molar-refractivity contribution in [2.45, 2.75) is 56.2 Å². The summed E-state index contributed by atoms with van der Waals surface area (Å²) in [5.41, 5.74) is 2.41. The maximum atomic E-state index is 12.2. The van der Waals surface area contributed by atoms with Gasteiger partial charge >= 0.3 is 6.03 Å². The number of benzene rings is 1. The van der Waals surface area contributed by atoms with Crippen LogP contribution >= 0.6 is 11.8 Å². The summed E-state index contributed by atoms with van der Waals surface area (Å²) in [6.45, 7) is 3.42. The molecule has 1 aromatic carbocycles. The molecule has 1 saturated carbocycles. The lowest BCUT2D eigenvalue weighted by Crippen LogP contribution is -2.46. The van der Waals surface area contributed by atoms with Gasteiger partial charge in [0.05, 0.1) is 6.10 Å². The average molecular weight is 334 g/mol. The molecule has 2 aliphatic rings. The highest BCUT2D eigenvalue weighted by atomic mass is 32.2. The molecule has 2 N–H and O–H groups in total. The van der Waals surface area contributed by atoms with Crippen molar-refractivity contribution in [2.75, 3.05) is 12.9 Å². The number of nitrogens with one attached hydrogen (secondary N) is 2. The van der Waals surface area contributed by atoms with Crippen LogP contribution in [0.25, 0.3) is 0 Å². The summed E-state index contributed by atoms with van der Waals surface area (Å²) in [5.74, 6) is 0.736. The quantitative estimate of drug-likeness (QED) is 0.811. The van der Waals surface area contributed by atoms with E-state index in [2.05, 4.69) is 42.0 Å². The minimum Gasteiger partial charge on any atom is -0.378 e. The Morgan fingerprint density at radius 1 is 1.35 bits per heavy atom. The molecule has 0 bridgehead atoms. The van der Waals surface area contributed by atoms with Crippen molar-refractivity contribution < 1.29 is 9.53 Å². The number of amides is 2. The Kier molecular flexibility index (Phi) is 5.49. The van der Waals surface area contributed by atoms with Crippen LogP contribution in [0.15, 0.2) is 23.1 Å². The first-order valence-electron chi connectivity index (χ1n) is 8.45. The van der Waals surface area contributed by atoms with E-state index < -0.39 is 0 Å². The molecule has 1 aromatic rings. The summed E-state index contributed by atoms with van der Waals surface area (Å²) in [6.07, 6.45) is 6.87. The van der Waals surface area contributed by atoms with Crippen molar-refractivity contribution in [1.82, 2.24) is 10.6 Å². The van der Waals surface area contributed by atoms with Gasteiger partial charge in [-0.2, -0.15) is 0 Å². The normalized spacial score (nSPS) is 24.3. The van der Waals surface area contributed by atoms with E-state index in [9.17, 15) is 4.79 Å². The van der Waals surface area contributed by atoms with Crippen molar-refractivity contribution in [1.29, 1.82) is 0 Å². The zero-order valence-corrected chi connectivity index (χ0v) is 14.7. The van der Waals surface area contributed by atoms with E-state index in [1.165, 1.54) is 28.9 Å². The molecule has 0 unspecified atom stereocenters. The average Bonchev–Trinajstić information content (AvgIpc) is 3.38. The van der Waals surface area contributed by atoms with E-state index in [4.69, 9.17) is 4.74 Å². The highest BCUT2D eigenvalue weighted by molar-refractivity contribution is 7.98. The summed E-state index contributed by atoms with van der Waals surface area (Å²) in [4.78, 5) is 13.4. The second-order valence-corrected chi connectivity index (χ2v) is 7.46. The fourth-order valence-electron chi connectivity index (χ4n) is 3.17. The maximum absolute atomic E-state index is 12.2. The molecule has 2 atom stereocenters. The molecular formula is C18H26N2O2S. The molecule has 4 nitrogen and oxygen atoms in total. The molecule has 126 valence electrons. The fraction of sp³-hybridized carbons (Fsp3) is 0.611. The van der Waals surface area contributed by atoms with Gasteiger partial charge < -0.3 is 15.4 Å². The highest BCUT2D eigenvalue weighted by Crippen LogP contribution is 2.38. The zero-order chi connectivity index (χ0) is 16.2. The first-order valence-corrected chi connectivity index (χ1v) is 9.67. The molecule has 2 amide bonds. The Bertz CT molecular complexity index is 560. The van der Waals surface area contributed by atoms with Crippen LogP contribution < -0.4 is 10.6 Å². The van der Waals surface area contributed by atoms with E-state index >= 15 is 0 Å². The van der Waals surface area contributed by atoms with Crippen LogP contribution in [0.2, 0.25) is 0 Å². The minimum absolute atomic E-state index is 0.0703. The number of thioether (sulfide) groups is 1. The first kappa shape index (κ1) is 16.7. The number of hydrogen-bond donors (Lipinski definition) is 2. The minimum atomic E-state index is -0.0703. The Hall–Kier alpha value is -1.20. The Labute approximate surface area is 142 Å². The van der Waals surface area contributed by atoms with Gasteiger partial charge in [-0.05, 0) is 62.0 Å². The standard InChI is InChI=1S/C18H26N2O2S/c1-12-3-4-14(17(9-12)23-2)11-19-18(21)20-15-7-8-22-16(10-15)13-5-6-13/h3-4,9,13,15-16H,5-8,10-11H2,1-2H3,(H2,19,20,21)/t15-,16-/m1/s1. The molecule has 1 aliphatic heterocycles. The van der Waals surface area contributed by atoms with E-state index in [1.807, 2.05) is 0 Å². The van der Waals surface area contributed by atoms with Crippen LogP contribution in [-0.2, 0) is 11.3 Å². The number of aryl methyl sites for hydroxylation is 1. The molecule has 1 heterocycles. The summed E-state index contributed by atoms with van der Waals surface area (Å²) in [7, 11) is 0. The van der Waals surface area contributed by atoms with Gasteiger partial charge in [-0.1, -0.05) is 12.1 Å². The smallest absolute Gasteiger partial charge is 0.315 e. The largest absolute Gasteiger partial charge is 0.378 e. The predicted octanol–water partition coefficient (Wildman–Crippen LogP) is 3.47. The summed E-state index contributed by atoms with van der Waals surface area (Å²) < 4.78 is 5.81. The predicted molar refractivity (Wildman–Crippen MR) is 93.8 cm³/mol. The Morgan fingerprint density at radius 2 is 2.17 bits per heavy atom. The molecule has 0 spiro atoms. The molecular weight excluding hydrogens is 308 g/mol. The van der Waals surface area contributed by atoms with Crippen LogP contribution in [0.4, 0.5) is 4.79 Å². The number of rotatable bonds is 5. The molecule has 0 aromatic heterocycles. The third kappa shape index (κ3) is 4.64. The number of carbonyl (C=O) groups is 1. The van der Waals surface area contributed by atoms with E-state index in [0.717, 1.165) is 25.4 Å². The van der Waals surface area contributed by atoms with Gasteiger partial charge in [-0.15, -0.1) is 11.8 Å². The molecule has 3 rings (SSSR count). The van der Waals surface area contributed by atoms with Gasteiger partial charge in [0.15, 0.2) is 0 Å². The van der Waals surface area contributed by atoms with Gasteiger partial charge in [0.25, 0.3) is 0 Å². The van der Waals surface area contributed by atoms with E-state index in [0.29, 0.717) is 12.6 Å². The zero-order valence-electron chi connectivity index (χ0n) is 13.9. The van der Waals surface area contributed by atoms with Gasteiger partial charge in [0, 0.05) is 24.1 Å². The van der Waals surface area contributed by atoms with Crippen LogP contribution in [0.3, 0.4) is 0 Å². The number of urea groups is 1. The molecule has 5 heteroatoms. The Morgan fingerprint density at radius 3 is 2.91 bits per heavy atom. The maximum Gasteiger partial charge on any atom is 0.315 e. The molecule has 0 radical (unpaired) electrons. The third-order valence-electron chi connectivity index (χ3n) is 4.68. The second-order valence-electron chi connectivity index (χ2n) is 6.61.